The van der Waals surface area contributed by atoms with Gasteiger partial charge in [0.2, 0.25) is 0 Å². The highest BCUT2D eigenvalue weighted by atomic mass is 35.5. The molecule has 0 bridgehead atoms. The summed E-state index contributed by atoms with van der Waals surface area (Å²) in [6.07, 6.45) is 13.3. The maximum Gasteiger partial charge on any atom is 0.342 e. The molecule has 0 fully saturated rings. The highest BCUT2D eigenvalue weighted by Crippen LogP contribution is 2.37. The van der Waals surface area contributed by atoms with Gasteiger partial charge in [-0.2, -0.15) is 0 Å². The molecule has 1 aromatic rings. The summed E-state index contributed by atoms with van der Waals surface area (Å²) in [5.41, 5.74) is 0.373. The molecule has 2 aliphatic heterocycles. The summed E-state index contributed by atoms with van der Waals surface area (Å²) >= 11 is 6.27. The molecule has 9 heteroatoms. The molecule has 170 valence electrons. The normalized spacial score (nSPS) is 18.3. The number of nitrogens with zero attached hydrogens (tertiary/aromatic N) is 2. The molecule has 8 nitrogen and oxygen atoms in total. The number of hydrogen-bond acceptors (Lipinski definition) is 7. The molecule has 3 rings (SSSR count). The average molecular weight is 461 g/mol. The van der Waals surface area contributed by atoms with E-state index in [0.717, 1.165) is 18.9 Å². The molecule has 2 aliphatic rings. The quantitative estimate of drug-likeness (QED) is 0.406. The number of fused-ring (bicyclic) bond motifs is 1. The van der Waals surface area contributed by atoms with E-state index in [9.17, 15) is 19.8 Å². The number of esters is 1. The first-order valence-electron chi connectivity index (χ1n) is 10.3. The van der Waals surface area contributed by atoms with Crippen LogP contribution in [0.15, 0.2) is 47.7 Å². The van der Waals surface area contributed by atoms with Crippen molar-refractivity contribution in [3.05, 3.63) is 58.7 Å². The summed E-state index contributed by atoms with van der Waals surface area (Å²) in [6.45, 7) is 0.974. The van der Waals surface area contributed by atoms with Gasteiger partial charge in [0, 0.05) is 25.6 Å². The predicted molar refractivity (Wildman–Crippen MR) is 120 cm³/mol. The number of phenolic OH excluding ortho intramolecular Hbond substituents is 2. The zero-order valence-electron chi connectivity index (χ0n) is 17.5. The minimum absolute atomic E-state index is 0.0307. The van der Waals surface area contributed by atoms with Crippen molar-refractivity contribution in [1.29, 1.82) is 0 Å². The van der Waals surface area contributed by atoms with Gasteiger partial charge in [-0.05, 0) is 30.9 Å². The third kappa shape index (κ3) is 6.13. The molecule has 2 N–H and O–H groups in total. The molecule has 2 heterocycles. The molecule has 0 spiro atoms. The molecule has 0 unspecified atom stereocenters. The van der Waals surface area contributed by atoms with Crippen LogP contribution in [-0.4, -0.2) is 59.0 Å². The minimum Gasteiger partial charge on any atom is -0.507 e. The number of amides is 1. The van der Waals surface area contributed by atoms with Gasteiger partial charge in [-0.3, -0.25) is 4.79 Å². The molecule has 32 heavy (non-hydrogen) atoms. The number of carbonyl (C=O) groups is 2. The third-order valence-corrected chi connectivity index (χ3v) is 5.34. The fourth-order valence-corrected chi connectivity index (χ4v) is 3.48. The van der Waals surface area contributed by atoms with Gasteiger partial charge in [-0.1, -0.05) is 47.1 Å². The summed E-state index contributed by atoms with van der Waals surface area (Å²) in [5, 5.41) is 24.3. The summed E-state index contributed by atoms with van der Waals surface area (Å²) in [4.78, 5) is 31.7. The van der Waals surface area contributed by atoms with Gasteiger partial charge in [-0.25, -0.2) is 4.79 Å². The lowest BCUT2D eigenvalue weighted by molar-refractivity contribution is -0.134. The number of allylic oxidation sites excluding steroid dienone is 3. The third-order valence-electron chi connectivity index (χ3n) is 4.92. The monoisotopic (exact) mass is 460 g/mol. The Morgan fingerprint density at radius 3 is 2.59 bits per heavy atom. The number of hydrogen-bond donors (Lipinski definition) is 2. The lowest BCUT2D eigenvalue weighted by Gasteiger charge is -2.15. The van der Waals surface area contributed by atoms with E-state index in [0.29, 0.717) is 25.2 Å². The van der Waals surface area contributed by atoms with Crippen LogP contribution < -0.4 is 0 Å². The van der Waals surface area contributed by atoms with E-state index in [4.69, 9.17) is 21.2 Å². The second-order valence-corrected chi connectivity index (χ2v) is 7.64. The summed E-state index contributed by atoms with van der Waals surface area (Å²) in [7, 11) is 0. The molecular weight excluding hydrogens is 436 g/mol. The molecular formula is C23H25ClN2O6. The predicted octanol–water partition coefficient (Wildman–Crippen LogP) is 3.52. The number of halogens is 1. The number of ether oxygens (including phenoxy) is 1. The Morgan fingerprint density at radius 1 is 1.09 bits per heavy atom. The highest BCUT2D eigenvalue weighted by Gasteiger charge is 2.24. The van der Waals surface area contributed by atoms with Crippen molar-refractivity contribution < 1.29 is 29.4 Å². The minimum atomic E-state index is -0.759. The van der Waals surface area contributed by atoms with E-state index in [1.807, 2.05) is 30.4 Å². The Balaban J connectivity index is 1.88. The first-order valence-corrected chi connectivity index (χ1v) is 10.7. The molecule has 1 aromatic carbocycles. The second kappa shape index (κ2) is 11.4. The lowest BCUT2D eigenvalue weighted by atomic mass is 9.99. The highest BCUT2D eigenvalue weighted by molar-refractivity contribution is 6.33. The fourth-order valence-electron chi connectivity index (χ4n) is 3.26. The van der Waals surface area contributed by atoms with Gasteiger partial charge in [0.1, 0.15) is 17.1 Å². The molecule has 0 saturated heterocycles. The largest absolute Gasteiger partial charge is 0.507 e. The number of aromatic hydroxyl groups is 2. The van der Waals surface area contributed by atoms with Gasteiger partial charge in [0.05, 0.1) is 17.3 Å². The second-order valence-electron chi connectivity index (χ2n) is 7.26. The topological polar surface area (TPSA) is 109 Å². The van der Waals surface area contributed by atoms with Crippen molar-refractivity contribution in [2.24, 2.45) is 5.16 Å². The summed E-state index contributed by atoms with van der Waals surface area (Å²) in [6, 6.07) is 0.997. The molecule has 0 radical (unpaired) electrons. The van der Waals surface area contributed by atoms with E-state index >= 15 is 0 Å². The van der Waals surface area contributed by atoms with Gasteiger partial charge < -0.3 is 24.7 Å². The Hall–Kier alpha value is -3.26. The van der Waals surface area contributed by atoms with Crippen LogP contribution in [0.4, 0.5) is 0 Å². The molecule has 0 atom stereocenters. The molecule has 0 saturated carbocycles. The first kappa shape index (κ1) is 23.4. The van der Waals surface area contributed by atoms with E-state index < -0.39 is 11.7 Å². The van der Waals surface area contributed by atoms with Crippen molar-refractivity contribution >= 4 is 29.2 Å². The number of rotatable bonds is 3. The average Bonchev–Trinajstić information content (AvgIpc) is 3.30. The van der Waals surface area contributed by atoms with Crippen molar-refractivity contribution in [3.63, 3.8) is 0 Å². The summed E-state index contributed by atoms with van der Waals surface area (Å²) in [5.74, 6) is -1.78. The number of oxime groups is 1. The zero-order valence-corrected chi connectivity index (χ0v) is 18.3. The van der Waals surface area contributed by atoms with Crippen molar-refractivity contribution in [3.8, 4) is 11.5 Å². The number of carbonyl (C=O) groups excluding carboxylic acids is 2. The van der Waals surface area contributed by atoms with Crippen LogP contribution in [0, 0.1) is 0 Å². The smallest absolute Gasteiger partial charge is 0.342 e. The molecule has 1 amide bonds. The molecule has 0 aromatic heterocycles. The molecule has 0 aliphatic carbocycles. The number of cyclic esters (lactones) is 1. The van der Waals surface area contributed by atoms with E-state index in [-0.39, 0.29) is 47.4 Å². The Morgan fingerprint density at radius 2 is 1.81 bits per heavy atom. The van der Waals surface area contributed by atoms with Crippen molar-refractivity contribution in [2.75, 3.05) is 26.3 Å². The number of benzene rings is 1. The number of phenols is 2. The van der Waals surface area contributed by atoms with Crippen LogP contribution in [-0.2, 0) is 20.8 Å². The van der Waals surface area contributed by atoms with E-state index in [1.54, 1.807) is 11.0 Å². The SMILES string of the molecule is O=C1OCCC=CCCC=CC(=NOCC(=O)N2CC=CC2)Cc2c(Cl)c(O)cc(O)c21. The standard InChI is InChI=1S/C23H25ClN2O6/c24-22-17-13-16(25-32-15-20(29)26-10-6-7-11-26)9-5-3-1-2-4-8-12-31-23(30)21(17)18(27)14-19(22)28/h2,4-7,9,14,27-28H,1,3,8,10-13,15H2. The van der Waals surface area contributed by atoms with Gasteiger partial charge in [0.25, 0.3) is 5.91 Å². The Kier molecular flexibility index (Phi) is 8.33. The maximum atomic E-state index is 12.6. The van der Waals surface area contributed by atoms with E-state index in [1.165, 1.54) is 0 Å². The van der Waals surface area contributed by atoms with Crippen molar-refractivity contribution in [1.82, 2.24) is 4.90 Å². The maximum absolute atomic E-state index is 12.6. The van der Waals surface area contributed by atoms with Gasteiger partial charge in [0.15, 0.2) is 6.61 Å². The van der Waals surface area contributed by atoms with Crippen LogP contribution in [0.1, 0.15) is 35.2 Å². The van der Waals surface area contributed by atoms with Crippen LogP contribution in [0.25, 0.3) is 0 Å². The lowest BCUT2D eigenvalue weighted by Crippen LogP contribution is -2.31. The Labute approximate surface area is 191 Å². The van der Waals surface area contributed by atoms with Crippen molar-refractivity contribution in [2.45, 2.75) is 25.7 Å². The van der Waals surface area contributed by atoms with Crippen LogP contribution in [0.2, 0.25) is 5.02 Å². The first-order chi connectivity index (χ1) is 15.5. The van der Waals surface area contributed by atoms with Gasteiger partial charge >= 0.3 is 5.97 Å². The summed E-state index contributed by atoms with van der Waals surface area (Å²) < 4.78 is 5.26. The Bertz CT molecular complexity index is 975. The van der Waals surface area contributed by atoms with Crippen LogP contribution >= 0.6 is 11.6 Å². The van der Waals surface area contributed by atoms with Gasteiger partial charge in [-0.15, -0.1) is 0 Å². The fraction of sp³-hybridized carbons (Fsp3) is 0.348. The van der Waals surface area contributed by atoms with E-state index in [2.05, 4.69) is 5.16 Å². The zero-order chi connectivity index (χ0) is 22.9. The van der Waals surface area contributed by atoms with Crippen LogP contribution in [0.5, 0.6) is 11.5 Å². The van der Waals surface area contributed by atoms with Crippen LogP contribution in [0.3, 0.4) is 0 Å².